The Morgan fingerprint density at radius 3 is 2.44 bits per heavy atom. The van der Waals surface area contributed by atoms with E-state index < -0.39 is 0 Å². The Hall–Kier alpha value is -3.67. The molecule has 1 aliphatic rings. The maximum atomic E-state index is 11.5. The number of pyridine rings is 1. The molecule has 1 aromatic heterocycles. The van der Waals surface area contributed by atoms with Crippen LogP contribution in [0.2, 0.25) is 0 Å². The molecular formula is C28H32N4O2. The number of benzene rings is 2. The number of nitrogens with two attached hydrogens (primary N) is 1. The molecule has 1 atom stereocenters. The fraction of sp³-hybridized carbons (Fsp3) is 0.321. The van der Waals surface area contributed by atoms with E-state index in [1.165, 1.54) is 11.1 Å². The van der Waals surface area contributed by atoms with Crippen molar-refractivity contribution in [1.29, 1.82) is 0 Å². The largest absolute Gasteiger partial charge is 0.411 e. The summed E-state index contributed by atoms with van der Waals surface area (Å²) >= 11 is 0. The van der Waals surface area contributed by atoms with Crippen LogP contribution in [-0.2, 0) is 4.79 Å². The summed E-state index contributed by atoms with van der Waals surface area (Å²) in [5, 5.41) is 13.6. The first-order valence-corrected chi connectivity index (χ1v) is 11.8. The molecule has 0 radical (unpaired) electrons. The summed E-state index contributed by atoms with van der Waals surface area (Å²) in [6.07, 6.45) is 3.90. The van der Waals surface area contributed by atoms with Crippen LogP contribution < -0.4 is 10.6 Å². The quantitative estimate of drug-likeness (QED) is 0.303. The van der Waals surface area contributed by atoms with Gasteiger partial charge in [-0.05, 0) is 67.6 Å². The van der Waals surface area contributed by atoms with Crippen LogP contribution >= 0.6 is 0 Å². The Labute approximate surface area is 201 Å². The van der Waals surface area contributed by atoms with Gasteiger partial charge >= 0.3 is 0 Å². The second kappa shape index (κ2) is 10.5. The van der Waals surface area contributed by atoms with E-state index in [1.807, 2.05) is 25.1 Å². The van der Waals surface area contributed by atoms with Crippen molar-refractivity contribution in [3.05, 3.63) is 94.8 Å². The Bertz CT molecular complexity index is 1170. The predicted molar refractivity (Wildman–Crippen MR) is 136 cm³/mol. The van der Waals surface area contributed by atoms with Crippen molar-refractivity contribution in [1.82, 2.24) is 4.98 Å². The molecule has 6 nitrogen and oxygen atoms in total. The number of nitrogens with zero attached hydrogens (tertiary/aromatic N) is 3. The molecule has 0 aliphatic carbocycles. The molecule has 0 saturated carbocycles. The number of hydrogen-bond acceptors (Lipinski definition) is 5. The number of hydrogen-bond donors (Lipinski definition) is 2. The van der Waals surface area contributed by atoms with E-state index in [1.54, 1.807) is 6.20 Å². The lowest BCUT2D eigenvalue weighted by atomic mass is 9.83. The zero-order chi connectivity index (χ0) is 24.1. The third-order valence-electron chi connectivity index (χ3n) is 6.87. The van der Waals surface area contributed by atoms with E-state index in [4.69, 9.17) is 5.73 Å². The lowest BCUT2D eigenvalue weighted by molar-refractivity contribution is -0.122. The van der Waals surface area contributed by atoms with E-state index in [-0.39, 0.29) is 17.7 Å². The normalized spacial score (nSPS) is 15.8. The van der Waals surface area contributed by atoms with Crippen LogP contribution in [0.5, 0.6) is 0 Å². The minimum atomic E-state index is -0.193. The lowest BCUT2D eigenvalue weighted by Gasteiger charge is -2.32. The van der Waals surface area contributed by atoms with E-state index in [0.29, 0.717) is 12.1 Å². The minimum absolute atomic E-state index is 0.0195. The van der Waals surface area contributed by atoms with Gasteiger partial charge in [0, 0.05) is 54.5 Å². The summed E-state index contributed by atoms with van der Waals surface area (Å²) < 4.78 is 0. The van der Waals surface area contributed by atoms with Crippen molar-refractivity contribution >= 4 is 17.3 Å². The van der Waals surface area contributed by atoms with Gasteiger partial charge in [-0.1, -0.05) is 41.6 Å². The number of primary amides is 1. The fourth-order valence-corrected chi connectivity index (χ4v) is 4.86. The van der Waals surface area contributed by atoms with Crippen molar-refractivity contribution in [2.24, 2.45) is 16.8 Å². The summed E-state index contributed by atoms with van der Waals surface area (Å²) in [4.78, 5) is 18.1. The van der Waals surface area contributed by atoms with Gasteiger partial charge in [0.15, 0.2) is 0 Å². The Kier molecular flexibility index (Phi) is 7.26. The number of rotatable bonds is 7. The van der Waals surface area contributed by atoms with Crippen molar-refractivity contribution < 1.29 is 10.0 Å². The number of amides is 1. The van der Waals surface area contributed by atoms with E-state index >= 15 is 0 Å². The van der Waals surface area contributed by atoms with Crippen LogP contribution in [-0.4, -0.2) is 34.9 Å². The van der Waals surface area contributed by atoms with Crippen LogP contribution in [0.25, 0.3) is 0 Å². The highest BCUT2D eigenvalue weighted by Crippen LogP contribution is 2.33. The monoisotopic (exact) mass is 456 g/mol. The van der Waals surface area contributed by atoms with Crippen molar-refractivity contribution in [3.63, 3.8) is 0 Å². The van der Waals surface area contributed by atoms with Gasteiger partial charge in [-0.15, -0.1) is 0 Å². The highest BCUT2D eigenvalue weighted by molar-refractivity contribution is 6.01. The first kappa shape index (κ1) is 23.5. The highest BCUT2D eigenvalue weighted by atomic mass is 16.4. The van der Waals surface area contributed by atoms with Gasteiger partial charge in [0.1, 0.15) is 0 Å². The number of piperidine rings is 1. The molecule has 1 saturated heterocycles. The van der Waals surface area contributed by atoms with Gasteiger partial charge in [0.25, 0.3) is 0 Å². The highest BCUT2D eigenvalue weighted by Gasteiger charge is 2.24. The van der Waals surface area contributed by atoms with Crippen LogP contribution in [0, 0.1) is 19.8 Å². The molecule has 1 aliphatic heterocycles. The lowest BCUT2D eigenvalue weighted by Crippen LogP contribution is -2.38. The molecule has 2 aromatic carbocycles. The molecule has 3 aromatic rings. The SMILES string of the molecule is Cc1cc(C(C[C@H](c2ccc(N3CCC(C(N)=O)CC3)cc2)c2ccccc2C)=NO)ccn1. The standard InChI is InChI=1S/C28H32N4O2/c1-19-5-3-4-6-25(19)26(18-27(31-34)23-11-14-30-20(2)17-23)21-7-9-24(10-8-21)32-15-12-22(13-16-32)28(29)33/h3-11,14,17,22,26,34H,12-13,15-16,18H2,1-2H3,(H2,29,33)/t26-/m1/s1. The Morgan fingerprint density at radius 1 is 1.12 bits per heavy atom. The molecular weight excluding hydrogens is 424 g/mol. The second-order valence-electron chi connectivity index (χ2n) is 9.10. The smallest absolute Gasteiger partial charge is 0.220 e. The zero-order valence-electron chi connectivity index (χ0n) is 19.8. The topological polar surface area (TPSA) is 91.8 Å². The van der Waals surface area contributed by atoms with Gasteiger partial charge in [0.2, 0.25) is 5.91 Å². The van der Waals surface area contributed by atoms with Gasteiger partial charge in [-0.25, -0.2) is 0 Å². The van der Waals surface area contributed by atoms with Gasteiger partial charge in [-0.3, -0.25) is 9.78 Å². The molecule has 1 fully saturated rings. The number of aryl methyl sites for hydroxylation is 2. The first-order chi connectivity index (χ1) is 16.5. The van der Waals surface area contributed by atoms with E-state index in [2.05, 4.69) is 64.4 Å². The fourth-order valence-electron chi connectivity index (χ4n) is 4.86. The second-order valence-corrected chi connectivity index (χ2v) is 9.10. The van der Waals surface area contributed by atoms with Crippen molar-refractivity contribution in [2.45, 2.75) is 39.0 Å². The molecule has 0 unspecified atom stereocenters. The summed E-state index contributed by atoms with van der Waals surface area (Å²) in [6.45, 7) is 5.71. The molecule has 176 valence electrons. The van der Waals surface area contributed by atoms with Crippen LogP contribution in [0.3, 0.4) is 0 Å². The summed E-state index contributed by atoms with van der Waals surface area (Å²) in [5.74, 6) is -0.175. The van der Waals surface area contributed by atoms with Gasteiger partial charge in [0.05, 0.1) is 5.71 Å². The van der Waals surface area contributed by atoms with Gasteiger partial charge in [-0.2, -0.15) is 0 Å². The average molecular weight is 457 g/mol. The first-order valence-electron chi connectivity index (χ1n) is 11.8. The molecule has 0 bridgehead atoms. The van der Waals surface area contributed by atoms with E-state index in [0.717, 1.165) is 48.4 Å². The summed E-state index contributed by atoms with van der Waals surface area (Å²) in [6, 6.07) is 20.8. The maximum absolute atomic E-state index is 11.5. The molecule has 34 heavy (non-hydrogen) atoms. The molecule has 3 N–H and O–H groups in total. The molecule has 0 spiro atoms. The molecule has 1 amide bonds. The minimum Gasteiger partial charge on any atom is -0.411 e. The van der Waals surface area contributed by atoms with Gasteiger partial charge < -0.3 is 15.8 Å². The maximum Gasteiger partial charge on any atom is 0.220 e. The Balaban J connectivity index is 1.61. The summed E-state index contributed by atoms with van der Waals surface area (Å²) in [7, 11) is 0. The third kappa shape index (κ3) is 5.28. The van der Waals surface area contributed by atoms with Crippen LogP contribution in [0.4, 0.5) is 5.69 Å². The van der Waals surface area contributed by atoms with Crippen LogP contribution in [0.1, 0.15) is 53.1 Å². The molecule has 6 heteroatoms. The summed E-state index contributed by atoms with van der Waals surface area (Å²) in [5.41, 5.74) is 12.6. The number of carbonyl (C=O) groups is 1. The number of carbonyl (C=O) groups excluding carboxylic acids is 1. The number of anilines is 1. The average Bonchev–Trinajstić information content (AvgIpc) is 2.86. The zero-order valence-corrected chi connectivity index (χ0v) is 19.8. The van der Waals surface area contributed by atoms with Crippen molar-refractivity contribution in [3.8, 4) is 0 Å². The Morgan fingerprint density at radius 2 is 1.82 bits per heavy atom. The van der Waals surface area contributed by atoms with Crippen LogP contribution in [0.15, 0.2) is 72.0 Å². The molecule has 2 heterocycles. The third-order valence-corrected chi connectivity index (χ3v) is 6.87. The molecule has 4 rings (SSSR count). The number of oxime groups is 1. The van der Waals surface area contributed by atoms with E-state index in [9.17, 15) is 10.0 Å². The number of aromatic nitrogens is 1. The predicted octanol–water partition coefficient (Wildman–Crippen LogP) is 4.80. The van der Waals surface area contributed by atoms with Crippen molar-refractivity contribution in [2.75, 3.05) is 18.0 Å².